The van der Waals surface area contributed by atoms with E-state index in [0.29, 0.717) is 11.3 Å². The Morgan fingerprint density at radius 1 is 1.67 bits per heavy atom. The third kappa shape index (κ3) is 2.41. The van der Waals surface area contributed by atoms with Crippen LogP contribution >= 0.6 is 34.2 Å². The number of benzene rings is 1. The first-order valence-electron chi connectivity index (χ1n) is 4.01. The van der Waals surface area contributed by atoms with Gasteiger partial charge in [-0.25, -0.2) is 0 Å². The minimum Gasteiger partial charge on any atom is -0.494 e. The van der Waals surface area contributed by atoms with Gasteiger partial charge in [0, 0.05) is 5.56 Å². The average molecular weight is 336 g/mol. The number of rotatable bonds is 3. The molecule has 0 radical (unpaired) electrons. The Balaban J connectivity index is 3.43. The summed E-state index contributed by atoms with van der Waals surface area (Å²) in [4.78, 5) is 11.4. The standard InChI is InChI=1S/C10H7ClINO2/c1-15-10-7(5-13)6(9(14)4-11)2-3-8(10)12/h2-3H,4H2,1H3. The van der Waals surface area contributed by atoms with Crippen molar-refractivity contribution < 1.29 is 9.53 Å². The highest BCUT2D eigenvalue weighted by Gasteiger charge is 2.16. The second kappa shape index (κ2) is 5.33. The van der Waals surface area contributed by atoms with E-state index in [1.54, 1.807) is 12.1 Å². The van der Waals surface area contributed by atoms with Crippen LogP contribution in [0.3, 0.4) is 0 Å². The van der Waals surface area contributed by atoms with Crippen molar-refractivity contribution in [3.63, 3.8) is 0 Å². The van der Waals surface area contributed by atoms with Crippen molar-refractivity contribution in [1.82, 2.24) is 0 Å². The molecule has 0 aromatic heterocycles. The lowest BCUT2D eigenvalue weighted by Crippen LogP contribution is -2.05. The summed E-state index contributed by atoms with van der Waals surface area (Å²) in [6.07, 6.45) is 0. The Labute approximate surface area is 106 Å². The van der Waals surface area contributed by atoms with Gasteiger partial charge in [0.15, 0.2) is 11.5 Å². The van der Waals surface area contributed by atoms with Crippen LogP contribution in [0.2, 0.25) is 0 Å². The van der Waals surface area contributed by atoms with E-state index < -0.39 is 0 Å². The highest BCUT2D eigenvalue weighted by Crippen LogP contribution is 2.28. The van der Waals surface area contributed by atoms with Crippen molar-refractivity contribution in [2.75, 3.05) is 13.0 Å². The van der Waals surface area contributed by atoms with Crippen LogP contribution in [0.4, 0.5) is 0 Å². The van der Waals surface area contributed by atoms with Gasteiger partial charge in [0.25, 0.3) is 0 Å². The summed E-state index contributed by atoms with van der Waals surface area (Å²) in [5, 5.41) is 8.97. The van der Waals surface area contributed by atoms with E-state index >= 15 is 0 Å². The molecule has 0 spiro atoms. The maximum absolute atomic E-state index is 11.4. The number of hydrogen-bond acceptors (Lipinski definition) is 3. The Morgan fingerprint density at radius 3 is 2.80 bits per heavy atom. The van der Waals surface area contributed by atoms with Crippen molar-refractivity contribution in [1.29, 1.82) is 5.26 Å². The zero-order chi connectivity index (χ0) is 11.4. The topological polar surface area (TPSA) is 50.1 Å². The number of ether oxygens (including phenoxy) is 1. The molecule has 78 valence electrons. The quantitative estimate of drug-likeness (QED) is 0.485. The van der Waals surface area contributed by atoms with Gasteiger partial charge in [-0.3, -0.25) is 4.79 Å². The molecule has 1 rings (SSSR count). The van der Waals surface area contributed by atoms with Gasteiger partial charge in [0.2, 0.25) is 0 Å². The number of carbonyl (C=O) groups is 1. The molecule has 0 unspecified atom stereocenters. The van der Waals surface area contributed by atoms with Gasteiger partial charge in [-0.2, -0.15) is 5.26 Å². The Kier molecular flexibility index (Phi) is 4.36. The summed E-state index contributed by atoms with van der Waals surface area (Å²) in [7, 11) is 1.47. The number of hydrogen-bond donors (Lipinski definition) is 0. The fourth-order valence-corrected chi connectivity index (χ4v) is 1.99. The zero-order valence-electron chi connectivity index (χ0n) is 7.88. The number of ketones is 1. The van der Waals surface area contributed by atoms with Crippen LogP contribution in [0.25, 0.3) is 0 Å². The number of Topliss-reactive ketones (excluding diaryl/α,β-unsaturated/α-hetero) is 1. The number of nitrogens with zero attached hydrogens (tertiary/aromatic N) is 1. The Hall–Kier alpha value is -0.800. The molecule has 0 aliphatic heterocycles. The summed E-state index contributed by atoms with van der Waals surface area (Å²) < 4.78 is 5.87. The van der Waals surface area contributed by atoms with E-state index in [-0.39, 0.29) is 17.2 Å². The lowest BCUT2D eigenvalue weighted by Gasteiger charge is -2.08. The van der Waals surface area contributed by atoms with Gasteiger partial charge in [0.05, 0.1) is 16.6 Å². The highest BCUT2D eigenvalue weighted by atomic mass is 127. The molecule has 1 aromatic rings. The predicted molar refractivity (Wildman–Crippen MR) is 65.5 cm³/mol. The third-order valence-corrected chi connectivity index (χ3v) is 2.94. The molecule has 0 saturated heterocycles. The minimum atomic E-state index is -0.275. The molecule has 0 amide bonds. The highest BCUT2D eigenvalue weighted by molar-refractivity contribution is 14.1. The molecular weight excluding hydrogens is 328 g/mol. The van der Waals surface area contributed by atoms with Crippen LogP contribution in [0.1, 0.15) is 15.9 Å². The summed E-state index contributed by atoms with van der Waals surface area (Å²) in [5.41, 5.74) is 0.555. The lowest BCUT2D eigenvalue weighted by molar-refractivity contribution is 0.102. The van der Waals surface area contributed by atoms with Crippen LogP contribution in [0.5, 0.6) is 5.75 Å². The minimum absolute atomic E-state index is 0.140. The fraction of sp³-hybridized carbons (Fsp3) is 0.200. The number of carbonyl (C=O) groups excluding carboxylic acids is 1. The number of alkyl halides is 1. The smallest absolute Gasteiger partial charge is 0.179 e. The maximum Gasteiger partial charge on any atom is 0.179 e. The molecular formula is C10H7ClINO2. The molecule has 0 aliphatic carbocycles. The fourth-order valence-electron chi connectivity index (χ4n) is 1.17. The van der Waals surface area contributed by atoms with Gasteiger partial charge in [-0.15, -0.1) is 11.6 Å². The molecule has 0 N–H and O–H groups in total. The van der Waals surface area contributed by atoms with Crippen LogP contribution in [0, 0.1) is 14.9 Å². The third-order valence-electron chi connectivity index (χ3n) is 1.85. The summed E-state index contributed by atoms with van der Waals surface area (Å²) in [6.45, 7) is 0. The number of halogens is 2. The van der Waals surface area contributed by atoms with Crippen molar-refractivity contribution in [3.05, 3.63) is 26.8 Å². The number of nitriles is 1. The molecule has 15 heavy (non-hydrogen) atoms. The average Bonchev–Trinajstić information content (AvgIpc) is 2.27. The van der Waals surface area contributed by atoms with Crippen LogP contribution < -0.4 is 4.74 Å². The normalized spacial score (nSPS) is 9.47. The van der Waals surface area contributed by atoms with Gasteiger partial charge < -0.3 is 4.74 Å². The molecule has 0 bridgehead atoms. The van der Waals surface area contributed by atoms with Crippen molar-refractivity contribution >= 4 is 40.0 Å². The molecule has 0 atom stereocenters. The largest absolute Gasteiger partial charge is 0.494 e. The molecule has 1 aromatic carbocycles. The Bertz CT molecular complexity index is 440. The van der Waals surface area contributed by atoms with E-state index in [1.807, 2.05) is 28.7 Å². The van der Waals surface area contributed by atoms with E-state index in [4.69, 9.17) is 21.6 Å². The van der Waals surface area contributed by atoms with E-state index in [0.717, 1.165) is 3.57 Å². The van der Waals surface area contributed by atoms with Crippen LogP contribution in [-0.4, -0.2) is 18.8 Å². The summed E-state index contributed by atoms with van der Waals surface area (Å²) >= 11 is 7.49. The second-order valence-electron chi connectivity index (χ2n) is 2.67. The first kappa shape index (κ1) is 12.3. The molecule has 0 heterocycles. The van der Waals surface area contributed by atoms with Crippen LogP contribution in [0.15, 0.2) is 12.1 Å². The predicted octanol–water partition coefficient (Wildman–Crippen LogP) is 2.59. The summed E-state index contributed by atoms with van der Waals surface area (Å²) in [6, 6.07) is 5.27. The SMILES string of the molecule is COc1c(I)ccc(C(=O)CCl)c1C#N. The van der Waals surface area contributed by atoms with Gasteiger partial charge in [0.1, 0.15) is 11.6 Å². The summed E-state index contributed by atoms with van der Waals surface area (Å²) in [5.74, 6) is 0.00953. The van der Waals surface area contributed by atoms with Crippen molar-refractivity contribution in [3.8, 4) is 11.8 Å². The van der Waals surface area contributed by atoms with Gasteiger partial charge in [-0.05, 0) is 34.7 Å². The molecule has 0 saturated carbocycles. The molecule has 0 aliphatic rings. The first-order valence-corrected chi connectivity index (χ1v) is 5.62. The van der Waals surface area contributed by atoms with E-state index in [1.165, 1.54) is 7.11 Å². The molecule has 3 nitrogen and oxygen atoms in total. The zero-order valence-corrected chi connectivity index (χ0v) is 10.8. The first-order chi connectivity index (χ1) is 7.15. The monoisotopic (exact) mass is 335 g/mol. The van der Waals surface area contributed by atoms with Gasteiger partial charge >= 0.3 is 0 Å². The van der Waals surface area contributed by atoms with E-state index in [2.05, 4.69) is 0 Å². The van der Waals surface area contributed by atoms with Crippen molar-refractivity contribution in [2.24, 2.45) is 0 Å². The van der Waals surface area contributed by atoms with Crippen molar-refractivity contribution in [2.45, 2.75) is 0 Å². The molecule has 0 fully saturated rings. The van der Waals surface area contributed by atoms with E-state index in [9.17, 15) is 4.79 Å². The van der Waals surface area contributed by atoms with Gasteiger partial charge in [-0.1, -0.05) is 0 Å². The lowest BCUT2D eigenvalue weighted by atomic mass is 10.0. The Morgan fingerprint density at radius 2 is 2.33 bits per heavy atom. The van der Waals surface area contributed by atoms with Crippen LogP contribution in [-0.2, 0) is 0 Å². The second-order valence-corrected chi connectivity index (χ2v) is 4.10. The number of methoxy groups -OCH3 is 1. The molecule has 5 heteroatoms. The maximum atomic E-state index is 11.4.